The Morgan fingerprint density at radius 3 is 1.77 bits per heavy atom. The molecular weight excluding hydrogens is 702 g/mol. The van der Waals surface area contributed by atoms with Gasteiger partial charge in [-0.05, 0) is 86.8 Å². The van der Waals surface area contributed by atoms with Gasteiger partial charge in [-0.2, -0.15) is 5.26 Å². The topological polar surface area (TPSA) is 91.6 Å². The predicted molar refractivity (Wildman–Crippen MR) is 218 cm³/mol. The first kappa shape index (κ1) is 43.0. The number of hydrogen-bond donors (Lipinski definition) is 0. The van der Waals surface area contributed by atoms with E-state index in [9.17, 15) is 5.26 Å². The fourth-order valence-electron chi connectivity index (χ4n) is 6.55. The second-order valence-corrected chi connectivity index (χ2v) is 21.9. The number of hydrogen-bond acceptors (Lipinski definition) is 9. The first-order valence-corrected chi connectivity index (χ1v) is 22.7. The lowest BCUT2D eigenvalue weighted by Gasteiger charge is -2.44. The lowest BCUT2D eigenvalue weighted by molar-refractivity contribution is -0.109. The van der Waals surface area contributed by atoms with Gasteiger partial charge in [-0.3, -0.25) is 0 Å². The maximum Gasteiger partial charge on any atom is 0.259 e. The molecule has 0 bridgehead atoms. The summed E-state index contributed by atoms with van der Waals surface area (Å²) in [5, 5.41) is 9.24. The molecule has 3 aromatic rings. The van der Waals surface area contributed by atoms with E-state index in [1.54, 1.807) is 14.2 Å². The smallest absolute Gasteiger partial charge is 0.259 e. The van der Waals surface area contributed by atoms with E-state index in [1.165, 1.54) is 0 Å². The minimum Gasteiger partial charge on any atom is -0.497 e. The zero-order chi connectivity index (χ0) is 39.0. The molecule has 1 unspecified atom stereocenters. The van der Waals surface area contributed by atoms with Gasteiger partial charge in [0.1, 0.15) is 37.2 Å². The van der Waals surface area contributed by atoms with Crippen molar-refractivity contribution in [2.24, 2.45) is 0 Å². The zero-order valence-corrected chi connectivity index (χ0v) is 35.7. The second-order valence-electron chi connectivity index (χ2n) is 15.7. The van der Waals surface area contributed by atoms with Crippen LogP contribution in [0.5, 0.6) is 11.5 Å². The van der Waals surface area contributed by atoms with E-state index < -0.39 is 40.8 Å². The Labute approximate surface area is 321 Å². The van der Waals surface area contributed by atoms with Gasteiger partial charge < -0.3 is 32.4 Å². The molecule has 0 saturated carbocycles. The molecule has 0 N–H and O–H groups in total. The average Bonchev–Trinajstić information content (AvgIpc) is 3.41. The van der Waals surface area contributed by atoms with E-state index in [4.69, 9.17) is 32.4 Å². The van der Waals surface area contributed by atoms with Crippen molar-refractivity contribution in [3.63, 3.8) is 0 Å². The van der Waals surface area contributed by atoms with Crippen LogP contribution in [-0.2, 0) is 28.5 Å². The summed E-state index contributed by atoms with van der Waals surface area (Å²) < 4.78 is 48.3. The lowest BCUT2D eigenvalue weighted by Crippen LogP contribution is -2.52. The quantitative estimate of drug-likeness (QED) is 0.0549. The van der Waals surface area contributed by atoms with Crippen molar-refractivity contribution in [3.05, 3.63) is 95.6 Å². The van der Waals surface area contributed by atoms with Crippen LogP contribution in [0.2, 0.25) is 18.1 Å². The van der Waals surface area contributed by atoms with Gasteiger partial charge in [-0.15, -0.1) is 0 Å². The van der Waals surface area contributed by atoms with Crippen LogP contribution in [0.1, 0.15) is 71.6 Å². The number of methoxy groups -OCH3 is 2. The van der Waals surface area contributed by atoms with E-state index >= 15 is 0 Å². The summed E-state index contributed by atoms with van der Waals surface area (Å²) in [5.74, 6) is 1.50. The molecule has 0 aliphatic carbocycles. The first-order valence-electron chi connectivity index (χ1n) is 18.7. The Kier molecular flexibility index (Phi) is 15.2. The molecule has 288 valence electrons. The van der Waals surface area contributed by atoms with Crippen LogP contribution < -0.4 is 9.47 Å². The SMILES string of the molecule is B[C@@H]1O[C@H](COP(OCCC#N)N(C(C)C)C(C)C)[C@H](OC(c2ccccc2)(c2ccc(OC)cc2)c2ccc(OC)cc2)[C@@H]1O[Si](C)(C)C(C)(C)C. The third-order valence-electron chi connectivity index (χ3n) is 10.3. The number of ether oxygens (including phenoxy) is 4. The van der Waals surface area contributed by atoms with E-state index in [0.717, 1.165) is 28.2 Å². The molecule has 5 atom stereocenters. The van der Waals surface area contributed by atoms with Gasteiger partial charge in [0.05, 0.1) is 52.0 Å². The van der Waals surface area contributed by atoms with Crippen molar-refractivity contribution in [2.45, 2.75) is 115 Å². The maximum absolute atomic E-state index is 9.29. The molecule has 1 aliphatic rings. The minimum absolute atomic E-state index is 0.0493. The normalized spacial score (nSPS) is 20.2. The molecule has 1 fully saturated rings. The van der Waals surface area contributed by atoms with Gasteiger partial charge >= 0.3 is 0 Å². The lowest BCUT2D eigenvalue weighted by atomic mass is 9.79. The molecule has 0 spiro atoms. The highest BCUT2D eigenvalue weighted by atomic mass is 31.2. The largest absolute Gasteiger partial charge is 0.497 e. The molecule has 1 heterocycles. The van der Waals surface area contributed by atoms with Crippen LogP contribution in [0.4, 0.5) is 0 Å². The third-order valence-corrected chi connectivity index (χ3v) is 16.8. The van der Waals surface area contributed by atoms with Crippen molar-refractivity contribution in [1.29, 1.82) is 5.26 Å². The molecule has 1 aliphatic heterocycles. The van der Waals surface area contributed by atoms with Crippen LogP contribution in [0.3, 0.4) is 0 Å². The Morgan fingerprint density at radius 1 is 0.811 bits per heavy atom. The van der Waals surface area contributed by atoms with Crippen LogP contribution in [0.25, 0.3) is 0 Å². The van der Waals surface area contributed by atoms with E-state index in [0.29, 0.717) is 0 Å². The van der Waals surface area contributed by atoms with Crippen LogP contribution in [0, 0.1) is 11.3 Å². The number of nitrogens with zero attached hydrogens (tertiary/aromatic N) is 2. The summed E-state index contributed by atoms with van der Waals surface area (Å²) >= 11 is 0. The van der Waals surface area contributed by atoms with Crippen LogP contribution in [0.15, 0.2) is 78.9 Å². The van der Waals surface area contributed by atoms with E-state index in [2.05, 4.69) is 117 Å². The molecule has 4 rings (SSSR count). The zero-order valence-electron chi connectivity index (χ0n) is 33.8. The Hall–Kier alpha value is -2.78. The van der Waals surface area contributed by atoms with E-state index in [-0.39, 0.29) is 42.8 Å². The Morgan fingerprint density at radius 2 is 1.32 bits per heavy atom. The van der Waals surface area contributed by atoms with Crippen molar-refractivity contribution in [3.8, 4) is 17.6 Å². The molecule has 53 heavy (non-hydrogen) atoms. The third kappa shape index (κ3) is 10.1. The summed E-state index contributed by atoms with van der Waals surface area (Å²) in [6.07, 6.45) is -1.20. The van der Waals surface area contributed by atoms with Gasteiger partial charge in [0.15, 0.2) is 8.32 Å². The average molecular weight is 763 g/mol. The van der Waals surface area contributed by atoms with Gasteiger partial charge in [0.25, 0.3) is 8.53 Å². The fourth-order valence-corrected chi connectivity index (χ4v) is 9.53. The maximum atomic E-state index is 9.29. The molecule has 3 aromatic carbocycles. The highest BCUT2D eigenvalue weighted by Gasteiger charge is 2.53. The van der Waals surface area contributed by atoms with Crippen LogP contribution >= 0.6 is 8.53 Å². The van der Waals surface area contributed by atoms with Crippen molar-refractivity contribution < 1.29 is 32.4 Å². The minimum atomic E-state index is -2.33. The second kappa shape index (κ2) is 18.7. The number of rotatable bonds is 18. The van der Waals surface area contributed by atoms with Gasteiger partial charge in [-0.1, -0.05) is 75.4 Å². The van der Waals surface area contributed by atoms with Crippen molar-refractivity contribution in [1.82, 2.24) is 4.67 Å². The van der Waals surface area contributed by atoms with Gasteiger partial charge in [0, 0.05) is 12.1 Å². The summed E-state index contributed by atoms with van der Waals surface area (Å²) in [6.45, 7) is 20.3. The standard InChI is InChI=1S/C41H60BN2O7PSi/c1-29(2)44(30(3)4)52(47-27-15-26-43)48-28-36-37(38(39(42)49-36)51-53(10,11)40(5,6)7)50-41(31-16-13-12-14-17-31,32-18-22-34(45-8)23-19-32)33-20-24-35(46-9)25-21-33/h12-14,16-25,29-30,36-39H,15,27-28,42H2,1-11H3/t36-,37+,38+,39-,52?/m1/s1. The first-order chi connectivity index (χ1) is 25.1. The predicted octanol–water partition coefficient (Wildman–Crippen LogP) is 8.42. The Balaban J connectivity index is 1.90. The highest BCUT2D eigenvalue weighted by molar-refractivity contribution is 7.44. The Bertz CT molecular complexity index is 1540. The van der Waals surface area contributed by atoms with Crippen molar-refractivity contribution in [2.75, 3.05) is 27.4 Å². The van der Waals surface area contributed by atoms with Gasteiger partial charge in [0.2, 0.25) is 0 Å². The molecule has 0 radical (unpaired) electrons. The van der Waals surface area contributed by atoms with Gasteiger partial charge in [-0.25, -0.2) is 4.67 Å². The van der Waals surface area contributed by atoms with E-state index in [1.807, 2.05) is 42.5 Å². The molecule has 1 saturated heterocycles. The fraction of sp³-hybridized carbons (Fsp3) is 0.537. The molecule has 9 nitrogen and oxygen atoms in total. The van der Waals surface area contributed by atoms with Crippen molar-refractivity contribution >= 4 is 24.7 Å². The summed E-state index contributed by atoms with van der Waals surface area (Å²) in [4.78, 5) is 0. The number of nitriles is 1. The highest BCUT2D eigenvalue weighted by Crippen LogP contribution is 2.49. The summed E-state index contributed by atoms with van der Waals surface area (Å²) in [5.41, 5.74) is 1.70. The monoisotopic (exact) mass is 762 g/mol. The van der Waals surface area contributed by atoms with Crippen LogP contribution in [-0.4, -0.2) is 84.7 Å². The molecule has 0 aromatic heterocycles. The molecular formula is C41H60BN2O7PSi. The number of benzene rings is 3. The molecule has 12 heteroatoms. The summed E-state index contributed by atoms with van der Waals surface area (Å²) in [7, 11) is 1.57. The summed E-state index contributed by atoms with van der Waals surface area (Å²) in [6, 6.07) is 28.7. The molecule has 0 amide bonds.